The van der Waals surface area contributed by atoms with Crippen LogP contribution in [0, 0.1) is 5.92 Å². The third-order valence-corrected chi connectivity index (χ3v) is 4.97. The number of carbonyl (C=O) groups excluding carboxylic acids is 1. The molecule has 3 atom stereocenters. The zero-order chi connectivity index (χ0) is 14.2. The molecular formula is C18H22O2. The van der Waals surface area contributed by atoms with Gasteiger partial charge in [0.15, 0.2) is 0 Å². The van der Waals surface area contributed by atoms with Gasteiger partial charge in [0.1, 0.15) is 0 Å². The lowest BCUT2D eigenvalue weighted by Gasteiger charge is -2.46. The maximum atomic E-state index is 12.8. The molecule has 0 aliphatic heterocycles. The van der Waals surface area contributed by atoms with Gasteiger partial charge in [0.2, 0.25) is 0 Å². The summed E-state index contributed by atoms with van der Waals surface area (Å²) in [6.07, 6.45) is 7.21. The molecule has 0 bridgehead atoms. The highest BCUT2D eigenvalue weighted by atomic mass is 16.5. The molecular weight excluding hydrogens is 248 g/mol. The van der Waals surface area contributed by atoms with Gasteiger partial charge >= 0.3 is 5.97 Å². The van der Waals surface area contributed by atoms with Crippen LogP contribution in [0.5, 0.6) is 0 Å². The summed E-state index contributed by atoms with van der Waals surface area (Å²) in [5, 5.41) is 0. The third-order valence-electron chi connectivity index (χ3n) is 4.97. The van der Waals surface area contributed by atoms with Crippen LogP contribution in [0.1, 0.15) is 50.2 Å². The van der Waals surface area contributed by atoms with E-state index in [2.05, 4.69) is 37.3 Å². The first-order valence-corrected chi connectivity index (χ1v) is 7.61. The van der Waals surface area contributed by atoms with E-state index >= 15 is 0 Å². The summed E-state index contributed by atoms with van der Waals surface area (Å²) in [4.78, 5) is 12.8. The summed E-state index contributed by atoms with van der Waals surface area (Å²) < 4.78 is 5.46. The minimum atomic E-state index is -0.451. The molecule has 106 valence electrons. The van der Waals surface area contributed by atoms with Gasteiger partial charge < -0.3 is 4.74 Å². The smallest absolute Gasteiger partial charge is 0.317 e. The number of hydrogen-bond donors (Lipinski definition) is 0. The van der Waals surface area contributed by atoms with Crippen LogP contribution >= 0.6 is 0 Å². The molecule has 2 aliphatic rings. The van der Waals surface area contributed by atoms with Gasteiger partial charge in [-0.25, -0.2) is 0 Å². The SMILES string of the molecule is CCOC(=O)[C@]12CC=CC[C@H]1C[C@@H](C)c1ccccc12. The zero-order valence-corrected chi connectivity index (χ0v) is 12.3. The van der Waals surface area contributed by atoms with Crippen molar-refractivity contribution in [1.82, 2.24) is 0 Å². The summed E-state index contributed by atoms with van der Waals surface area (Å²) in [5.74, 6) is 0.857. The monoisotopic (exact) mass is 270 g/mol. The van der Waals surface area contributed by atoms with Gasteiger partial charge in [-0.05, 0) is 49.1 Å². The maximum absolute atomic E-state index is 12.8. The average molecular weight is 270 g/mol. The molecule has 0 amide bonds. The largest absolute Gasteiger partial charge is 0.465 e. The number of allylic oxidation sites excluding steroid dienone is 2. The van der Waals surface area contributed by atoms with Crippen molar-refractivity contribution in [3.05, 3.63) is 47.5 Å². The predicted molar refractivity (Wildman–Crippen MR) is 79.6 cm³/mol. The lowest BCUT2D eigenvalue weighted by atomic mass is 9.56. The number of esters is 1. The van der Waals surface area contributed by atoms with Crippen molar-refractivity contribution in [2.75, 3.05) is 6.61 Å². The van der Waals surface area contributed by atoms with Crippen molar-refractivity contribution in [3.8, 4) is 0 Å². The Balaban J connectivity index is 2.17. The Morgan fingerprint density at radius 3 is 2.95 bits per heavy atom. The van der Waals surface area contributed by atoms with E-state index in [4.69, 9.17) is 4.74 Å². The van der Waals surface area contributed by atoms with Crippen LogP contribution in [-0.2, 0) is 14.9 Å². The minimum Gasteiger partial charge on any atom is -0.465 e. The van der Waals surface area contributed by atoms with E-state index in [9.17, 15) is 4.79 Å². The standard InChI is InChI=1S/C18H22O2/c1-3-20-17(19)18-11-7-6-8-14(18)12-13(2)15-9-4-5-10-16(15)18/h4-7,9-10,13-14H,3,8,11-12H2,1-2H3/t13-,14+,18-/m1/s1. The van der Waals surface area contributed by atoms with E-state index in [1.54, 1.807) is 0 Å². The molecule has 1 aromatic carbocycles. The van der Waals surface area contributed by atoms with E-state index in [0.29, 0.717) is 18.4 Å². The summed E-state index contributed by atoms with van der Waals surface area (Å²) in [6.45, 7) is 4.61. The molecule has 0 unspecified atom stereocenters. The van der Waals surface area contributed by atoms with Gasteiger partial charge in [0.05, 0.1) is 12.0 Å². The van der Waals surface area contributed by atoms with E-state index in [0.717, 1.165) is 19.3 Å². The van der Waals surface area contributed by atoms with Crippen molar-refractivity contribution < 1.29 is 9.53 Å². The van der Waals surface area contributed by atoms with Gasteiger partial charge in [-0.3, -0.25) is 4.79 Å². The Hall–Kier alpha value is -1.57. The van der Waals surface area contributed by atoms with Crippen LogP contribution in [-0.4, -0.2) is 12.6 Å². The van der Waals surface area contributed by atoms with Crippen LogP contribution in [0.4, 0.5) is 0 Å². The van der Waals surface area contributed by atoms with Crippen molar-refractivity contribution in [3.63, 3.8) is 0 Å². The molecule has 2 aliphatic carbocycles. The highest BCUT2D eigenvalue weighted by molar-refractivity contribution is 5.85. The molecule has 1 aromatic rings. The maximum Gasteiger partial charge on any atom is 0.317 e. The van der Waals surface area contributed by atoms with Crippen LogP contribution in [0.2, 0.25) is 0 Å². The van der Waals surface area contributed by atoms with Crippen LogP contribution in [0.3, 0.4) is 0 Å². The molecule has 2 heteroatoms. The fourth-order valence-electron chi connectivity index (χ4n) is 4.03. The molecule has 20 heavy (non-hydrogen) atoms. The van der Waals surface area contributed by atoms with Gasteiger partial charge in [-0.15, -0.1) is 0 Å². The first kappa shape index (κ1) is 13.4. The van der Waals surface area contributed by atoms with Gasteiger partial charge in [0, 0.05) is 0 Å². The topological polar surface area (TPSA) is 26.3 Å². The van der Waals surface area contributed by atoms with E-state index in [-0.39, 0.29) is 5.97 Å². The lowest BCUT2D eigenvalue weighted by molar-refractivity contribution is -0.153. The van der Waals surface area contributed by atoms with Crippen molar-refractivity contribution in [2.45, 2.75) is 44.4 Å². The van der Waals surface area contributed by atoms with Crippen molar-refractivity contribution >= 4 is 5.97 Å². The second kappa shape index (κ2) is 5.08. The molecule has 3 rings (SSSR count). The van der Waals surface area contributed by atoms with Gasteiger partial charge in [0.25, 0.3) is 0 Å². The van der Waals surface area contributed by atoms with Gasteiger partial charge in [-0.1, -0.05) is 43.3 Å². The zero-order valence-electron chi connectivity index (χ0n) is 12.3. The molecule has 0 spiro atoms. The molecule has 0 N–H and O–H groups in total. The minimum absolute atomic E-state index is 0.0336. The predicted octanol–water partition coefficient (Wildman–Crippen LogP) is 3.96. The fraction of sp³-hybridized carbons (Fsp3) is 0.500. The van der Waals surface area contributed by atoms with Gasteiger partial charge in [-0.2, -0.15) is 0 Å². The lowest BCUT2D eigenvalue weighted by Crippen LogP contribution is -2.48. The van der Waals surface area contributed by atoms with Crippen LogP contribution in [0.25, 0.3) is 0 Å². The second-order valence-electron chi connectivity index (χ2n) is 6.02. The fourth-order valence-corrected chi connectivity index (χ4v) is 4.03. The normalized spacial score (nSPS) is 31.3. The Bertz CT molecular complexity index is 546. The van der Waals surface area contributed by atoms with E-state index in [1.165, 1.54) is 11.1 Å². The first-order chi connectivity index (χ1) is 9.70. The number of ether oxygens (including phenoxy) is 1. The molecule has 0 aromatic heterocycles. The molecule has 0 heterocycles. The molecule has 2 nitrogen and oxygen atoms in total. The summed E-state index contributed by atoms with van der Waals surface area (Å²) >= 11 is 0. The van der Waals surface area contributed by atoms with Crippen LogP contribution < -0.4 is 0 Å². The number of rotatable bonds is 2. The molecule has 0 fully saturated rings. The Labute approximate surface area is 120 Å². The molecule has 0 radical (unpaired) electrons. The summed E-state index contributed by atoms with van der Waals surface area (Å²) in [7, 11) is 0. The number of fused-ring (bicyclic) bond motifs is 3. The van der Waals surface area contributed by atoms with Crippen LogP contribution in [0.15, 0.2) is 36.4 Å². The number of hydrogen-bond acceptors (Lipinski definition) is 2. The van der Waals surface area contributed by atoms with Crippen molar-refractivity contribution in [1.29, 1.82) is 0 Å². The third kappa shape index (κ3) is 1.81. The van der Waals surface area contributed by atoms with E-state index in [1.807, 2.05) is 13.0 Å². The summed E-state index contributed by atoms with van der Waals surface area (Å²) in [6, 6.07) is 8.43. The Morgan fingerprint density at radius 1 is 1.35 bits per heavy atom. The first-order valence-electron chi connectivity index (χ1n) is 7.61. The highest BCUT2D eigenvalue weighted by Gasteiger charge is 2.52. The number of carbonyl (C=O) groups is 1. The summed E-state index contributed by atoms with van der Waals surface area (Å²) in [5.41, 5.74) is 2.08. The quantitative estimate of drug-likeness (QED) is 0.600. The second-order valence-corrected chi connectivity index (χ2v) is 6.02. The Morgan fingerprint density at radius 2 is 2.15 bits per heavy atom. The average Bonchev–Trinajstić information content (AvgIpc) is 2.48. The molecule has 0 saturated heterocycles. The van der Waals surface area contributed by atoms with E-state index < -0.39 is 5.41 Å². The highest BCUT2D eigenvalue weighted by Crippen LogP contribution is 2.52. The number of benzene rings is 1. The molecule has 0 saturated carbocycles. The Kier molecular flexibility index (Phi) is 3.41. The van der Waals surface area contributed by atoms with Crippen molar-refractivity contribution in [2.24, 2.45) is 5.92 Å².